The number of ether oxygens (including phenoxy) is 1. The second kappa shape index (κ2) is 9.61. The summed E-state index contributed by atoms with van der Waals surface area (Å²) >= 11 is 5.89. The van der Waals surface area contributed by atoms with Crippen molar-refractivity contribution in [1.29, 1.82) is 0 Å². The Hall–Kier alpha value is -2.79. The molecule has 0 atom stereocenters. The quantitative estimate of drug-likeness (QED) is 0.596. The van der Waals surface area contributed by atoms with Gasteiger partial charge in [0.25, 0.3) is 0 Å². The second-order valence-corrected chi connectivity index (χ2v) is 7.43. The lowest BCUT2D eigenvalue weighted by molar-refractivity contribution is -0.121. The van der Waals surface area contributed by atoms with Crippen LogP contribution in [-0.4, -0.2) is 29.3 Å². The third-order valence-corrected chi connectivity index (χ3v) is 5.24. The number of hydrogen-bond donors (Lipinski definition) is 1. The van der Waals surface area contributed by atoms with Gasteiger partial charge in [0.1, 0.15) is 5.75 Å². The molecule has 6 heteroatoms. The highest BCUT2D eigenvalue weighted by Gasteiger charge is 2.14. The average Bonchev–Trinajstić information content (AvgIpc) is 3.01. The molecule has 0 spiro atoms. The third kappa shape index (κ3) is 5.39. The number of halogens is 1. The molecule has 3 aromatic rings. The van der Waals surface area contributed by atoms with E-state index in [1.54, 1.807) is 7.11 Å². The first kappa shape index (κ1) is 20.9. The van der Waals surface area contributed by atoms with Gasteiger partial charge in [0.2, 0.25) is 5.91 Å². The Bertz CT molecular complexity index is 980. The topological polar surface area (TPSA) is 56.2 Å². The van der Waals surface area contributed by atoms with Crippen molar-refractivity contribution >= 4 is 17.5 Å². The van der Waals surface area contributed by atoms with Crippen molar-refractivity contribution in [3.63, 3.8) is 0 Å². The zero-order chi connectivity index (χ0) is 20.8. The Morgan fingerprint density at radius 2 is 1.90 bits per heavy atom. The number of methoxy groups -OCH3 is 1. The molecular formula is C23H26ClN3O2. The van der Waals surface area contributed by atoms with Crippen LogP contribution in [-0.2, 0) is 17.6 Å². The van der Waals surface area contributed by atoms with E-state index in [0.717, 1.165) is 45.4 Å². The van der Waals surface area contributed by atoms with E-state index in [-0.39, 0.29) is 5.91 Å². The molecule has 1 amide bonds. The second-order valence-electron chi connectivity index (χ2n) is 6.99. The molecule has 1 aromatic heterocycles. The lowest BCUT2D eigenvalue weighted by Gasteiger charge is -2.08. The van der Waals surface area contributed by atoms with Crippen LogP contribution < -0.4 is 10.1 Å². The van der Waals surface area contributed by atoms with E-state index in [0.29, 0.717) is 19.4 Å². The zero-order valence-electron chi connectivity index (χ0n) is 17.0. The minimum absolute atomic E-state index is 0.0480. The number of benzene rings is 2. The predicted molar refractivity (Wildman–Crippen MR) is 116 cm³/mol. The Labute approximate surface area is 176 Å². The summed E-state index contributed by atoms with van der Waals surface area (Å²) in [6.07, 6.45) is 1.88. The van der Waals surface area contributed by atoms with Gasteiger partial charge in [0.15, 0.2) is 0 Å². The molecule has 0 saturated carbocycles. The number of amides is 1. The fraction of sp³-hybridized carbons (Fsp3) is 0.304. The van der Waals surface area contributed by atoms with Crippen molar-refractivity contribution in [2.75, 3.05) is 13.7 Å². The average molecular weight is 412 g/mol. The van der Waals surface area contributed by atoms with Crippen molar-refractivity contribution in [3.05, 3.63) is 76.1 Å². The van der Waals surface area contributed by atoms with E-state index in [1.165, 1.54) is 0 Å². The van der Waals surface area contributed by atoms with Crippen LogP contribution in [0.25, 0.3) is 5.69 Å². The molecule has 1 N–H and O–H groups in total. The molecular weight excluding hydrogens is 386 g/mol. The van der Waals surface area contributed by atoms with Gasteiger partial charge in [-0.25, -0.2) is 4.68 Å². The minimum Gasteiger partial charge on any atom is -0.497 e. The molecule has 5 nitrogen and oxygen atoms in total. The number of aromatic nitrogens is 2. The van der Waals surface area contributed by atoms with E-state index in [4.69, 9.17) is 16.3 Å². The van der Waals surface area contributed by atoms with E-state index in [2.05, 4.69) is 10.4 Å². The number of rotatable bonds is 8. The Morgan fingerprint density at radius 3 is 2.62 bits per heavy atom. The number of hydrogen-bond acceptors (Lipinski definition) is 3. The molecule has 0 aliphatic carbocycles. The summed E-state index contributed by atoms with van der Waals surface area (Å²) in [7, 11) is 1.65. The highest BCUT2D eigenvalue weighted by atomic mass is 35.5. The predicted octanol–water partition coefficient (Wildman–Crippen LogP) is 4.44. The van der Waals surface area contributed by atoms with Crippen LogP contribution >= 0.6 is 11.6 Å². The molecule has 0 aliphatic heterocycles. The summed E-state index contributed by atoms with van der Waals surface area (Å²) in [5, 5.41) is 8.37. The highest BCUT2D eigenvalue weighted by Crippen LogP contribution is 2.22. The van der Waals surface area contributed by atoms with Gasteiger partial charge in [-0.1, -0.05) is 29.8 Å². The Balaban J connectivity index is 1.56. The van der Waals surface area contributed by atoms with E-state index in [9.17, 15) is 4.79 Å². The fourth-order valence-electron chi connectivity index (χ4n) is 3.35. The van der Waals surface area contributed by atoms with Crippen LogP contribution in [0.5, 0.6) is 5.75 Å². The maximum Gasteiger partial charge on any atom is 0.220 e. The van der Waals surface area contributed by atoms with Crippen LogP contribution in [0.4, 0.5) is 0 Å². The first-order valence-electron chi connectivity index (χ1n) is 9.68. The monoisotopic (exact) mass is 411 g/mol. The van der Waals surface area contributed by atoms with Crippen molar-refractivity contribution < 1.29 is 9.53 Å². The van der Waals surface area contributed by atoms with Gasteiger partial charge in [-0.15, -0.1) is 0 Å². The number of nitrogens with one attached hydrogen (secondary N) is 1. The zero-order valence-corrected chi connectivity index (χ0v) is 17.8. The lowest BCUT2D eigenvalue weighted by atomic mass is 10.1. The molecule has 3 rings (SSSR count). The van der Waals surface area contributed by atoms with Crippen LogP contribution in [0.2, 0.25) is 5.02 Å². The van der Waals surface area contributed by atoms with Crippen molar-refractivity contribution in [3.8, 4) is 11.4 Å². The minimum atomic E-state index is 0.0480. The largest absolute Gasteiger partial charge is 0.497 e. The summed E-state index contributed by atoms with van der Waals surface area (Å²) in [4.78, 5) is 12.3. The molecule has 0 fully saturated rings. The van der Waals surface area contributed by atoms with Gasteiger partial charge in [-0.2, -0.15) is 5.10 Å². The first-order valence-corrected chi connectivity index (χ1v) is 10.1. The molecule has 29 heavy (non-hydrogen) atoms. The van der Waals surface area contributed by atoms with E-state index in [1.807, 2.05) is 67.1 Å². The van der Waals surface area contributed by atoms with Gasteiger partial charge in [-0.3, -0.25) is 4.79 Å². The first-order chi connectivity index (χ1) is 14.0. The van der Waals surface area contributed by atoms with Crippen LogP contribution in [0.3, 0.4) is 0 Å². The molecule has 0 bridgehead atoms. The Morgan fingerprint density at radius 1 is 1.14 bits per heavy atom. The number of nitrogens with zero attached hydrogens (tertiary/aromatic N) is 2. The Kier molecular flexibility index (Phi) is 6.94. The number of aryl methyl sites for hydroxylation is 1. The molecule has 152 valence electrons. The summed E-state index contributed by atoms with van der Waals surface area (Å²) < 4.78 is 7.22. The number of carbonyl (C=O) groups is 1. The summed E-state index contributed by atoms with van der Waals surface area (Å²) in [6, 6.07) is 15.5. The molecule has 2 aromatic carbocycles. The summed E-state index contributed by atoms with van der Waals surface area (Å²) in [5.74, 6) is 0.837. The third-order valence-electron chi connectivity index (χ3n) is 4.99. The molecule has 0 saturated heterocycles. The van der Waals surface area contributed by atoms with E-state index >= 15 is 0 Å². The molecule has 1 heterocycles. The smallest absolute Gasteiger partial charge is 0.220 e. The van der Waals surface area contributed by atoms with Gasteiger partial charge in [0, 0.05) is 29.7 Å². The van der Waals surface area contributed by atoms with Crippen molar-refractivity contribution in [1.82, 2.24) is 15.1 Å². The van der Waals surface area contributed by atoms with Gasteiger partial charge >= 0.3 is 0 Å². The summed E-state index contributed by atoms with van der Waals surface area (Å²) in [5.41, 5.74) is 5.20. The molecule has 0 unspecified atom stereocenters. The van der Waals surface area contributed by atoms with Crippen LogP contribution in [0.1, 0.15) is 28.9 Å². The molecule has 0 aliphatic rings. The normalized spacial score (nSPS) is 10.8. The SMILES string of the molecule is COc1cccc(-n2nc(C)c(CCC(=O)NCCc3ccc(Cl)cc3)c2C)c1. The fourth-order valence-corrected chi connectivity index (χ4v) is 3.48. The lowest BCUT2D eigenvalue weighted by Crippen LogP contribution is -2.26. The van der Waals surface area contributed by atoms with Crippen molar-refractivity contribution in [2.24, 2.45) is 0 Å². The van der Waals surface area contributed by atoms with E-state index < -0.39 is 0 Å². The summed E-state index contributed by atoms with van der Waals surface area (Å²) in [6.45, 7) is 4.63. The maximum absolute atomic E-state index is 12.3. The van der Waals surface area contributed by atoms with Crippen LogP contribution in [0.15, 0.2) is 48.5 Å². The van der Waals surface area contributed by atoms with Crippen molar-refractivity contribution in [2.45, 2.75) is 33.1 Å². The van der Waals surface area contributed by atoms with Gasteiger partial charge < -0.3 is 10.1 Å². The molecule has 0 radical (unpaired) electrons. The maximum atomic E-state index is 12.3. The number of carbonyl (C=O) groups excluding carboxylic acids is 1. The highest BCUT2D eigenvalue weighted by molar-refractivity contribution is 6.30. The van der Waals surface area contributed by atoms with Gasteiger partial charge in [0.05, 0.1) is 18.5 Å². The van der Waals surface area contributed by atoms with Gasteiger partial charge in [-0.05, 0) is 62.1 Å². The van der Waals surface area contributed by atoms with Crippen LogP contribution in [0, 0.1) is 13.8 Å². The standard InChI is InChI=1S/C23H26ClN3O2/c1-16-22(17(2)27(26-16)20-5-4-6-21(15-20)29-3)11-12-23(28)25-14-13-18-7-9-19(24)10-8-18/h4-10,15H,11-14H2,1-3H3,(H,25,28).